The van der Waals surface area contributed by atoms with E-state index >= 15 is 0 Å². The zero-order chi connectivity index (χ0) is 13.1. The molecule has 2 aliphatic heterocycles. The van der Waals surface area contributed by atoms with Gasteiger partial charge in [-0.25, -0.2) is 0 Å². The molecule has 104 valence electrons. The summed E-state index contributed by atoms with van der Waals surface area (Å²) >= 11 is 0. The van der Waals surface area contributed by atoms with E-state index in [0.717, 1.165) is 51.2 Å². The van der Waals surface area contributed by atoms with Crippen LogP contribution in [0.5, 0.6) is 0 Å². The van der Waals surface area contributed by atoms with Crippen LogP contribution < -0.4 is 5.73 Å². The fourth-order valence-electron chi connectivity index (χ4n) is 3.22. The summed E-state index contributed by atoms with van der Waals surface area (Å²) < 4.78 is 11.5. The molecule has 2 saturated heterocycles. The molecule has 1 spiro atoms. The number of nitrogens with zero attached hydrogens (tertiary/aromatic N) is 1. The molecule has 0 radical (unpaired) electrons. The van der Waals surface area contributed by atoms with Crippen molar-refractivity contribution in [2.24, 2.45) is 11.7 Å². The van der Waals surface area contributed by atoms with Crippen LogP contribution in [0.2, 0.25) is 0 Å². The smallest absolute Gasteiger partial charge is 0.0939 e. The van der Waals surface area contributed by atoms with E-state index in [1.165, 1.54) is 0 Å². The minimum absolute atomic E-state index is 0.0509. The molecule has 2 N–H and O–H groups in total. The zero-order valence-electron chi connectivity index (χ0n) is 11.3. The molecule has 19 heavy (non-hydrogen) atoms. The summed E-state index contributed by atoms with van der Waals surface area (Å²) in [5, 5.41) is 0. The Labute approximate surface area is 114 Å². The first-order chi connectivity index (χ1) is 9.27. The third-order valence-corrected chi connectivity index (χ3v) is 4.37. The van der Waals surface area contributed by atoms with Crippen LogP contribution in [0.1, 0.15) is 25.0 Å². The molecule has 3 rings (SSSR count). The molecule has 3 unspecified atom stereocenters. The highest BCUT2D eigenvalue weighted by atomic mass is 16.6. The summed E-state index contributed by atoms with van der Waals surface area (Å²) in [5.74, 6) is 0.512. The van der Waals surface area contributed by atoms with Gasteiger partial charge in [-0.1, -0.05) is 6.07 Å². The van der Waals surface area contributed by atoms with E-state index in [9.17, 15) is 0 Å². The van der Waals surface area contributed by atoms with Crippen molar-refractivity contribution in [2.75, 3.05) is 19.8 Å². The van der Waals surface area contributed by atoms with Crippen LogP contribution in [-0.4, -0.2) is 36.4 Å². The molecular formula is C15H22N2O2. The van der Waals surface area contributed by atoms with Gasteiger partial charge in [-0.15, -0.1) is 0 Å². The zero-order valence-corrected chi connectivity index (χ0v) is 11.3. The normalized spacial score (nSPS) is 32.6. The van der Waals surface area contributed by atoms with Gasteiger partial charge in [-0.3, -0.25) is 4.98 Å². The van der Waals surface area contributed by atoms with Crippen LogP contribution in [0.15, 0.2) is 24.4 Å². The summed E-state index contributed by atoms with van der Waals surface area (Å²) in [7, 11) is 0. The van der Waals surface area contributed by atoms with E-state index in [-0.39, 0.29) is 11.6 Å². The van der Waals surface area contributed by atoms with Gasteiger partial charge in [0.1, 0.15) is 0 Å². The Morgan fingerprint density at radius 1 is 1.42 bits per heavy atom. The first-order valence-electron chi connectivity index (χ1n) is 7.15. The highest BCUT2D eigenvalue weighted by Gasteiger charge is 2.42. The number of ether oxygens (including phenoxy) is 2. The van der Waals surface area contributed by atoms with Crippen LogP contribution >= 0.6 is 0 Å². The molecule has 0 aliphatic carbocycles. The standard InChI is InChI=1S/C15H22N2O2/c16-14(9-13-3-1-2-6-17-13)12-4-7-19-15(10-12)5-8-18-11-15/h1-3,6,12,14H,4-5,7-11,16H2. The minimum atomic E-state index is -0.0509. The van der Waals surface area contributed by atoms with Gasteiger partial charge in [0.15, 0.2) is 0 Å². The molecule has 1 aromatic rings. The largest absolute Gasteiger partial charge is 0.378 e. The summed E-state index contributed by atoms with van der Waals surface area (Å²) in [5.41, 5.74) is 7.43. The monoisotopic (exact) mass is 262 g/mol. The first kappa shape index (κ1) is 13.0. The molecule has 1 aromatic heterocycles. The van der Waals surface area contributed by atoms with Gasteiger partial charge < -0.3 is 15.2 Å². The molecule has 2 aliphatic rings. The minimum Gasteiger partial charge on any atom is -0.378 e. The number of hydrogen-bond acceptors (Lipinski definition) is 4. The van der Waals surface area contributed by atoms with Crippen molar-refractivity contribution < 1.29 is 9.47 Å². The lowest BCUT2D eigenvalue weighted by molar-refractivity contribution is -0.101. The van der Waals surface area contributed by atoms with Crippen LogP contribution in [0.3, 0.4) is 0 Å². The molecule has 3 atom stereocenters. The number of rotatable bonds is 3. The lowest BCUT2D eigenvalue weighted by atomic mass is 9.80. The van der Waals surface area contributed by atoms with E-state index in [1.54, 1.807) is 0 Å². The number of pyridine rings is 1. The SMILES string of the molecule is NC(Cc1ccccn1)C1CCOC2(CCOC2)C1. The summed E-state index contributed by atoms with van der Waals surface area (Å²) in [6, 6.07) is 6.17. The molecule has 0 amide bonds. The summed E-state index contributed by atoms with van der Waals surface area (Å²) in [6.07, 6.45) is 5.78. The number of hydrogen-bond donors (Lipinski definition) is 1. The predicted octanol–water partition coefficient (Wildman–Crippen LogP) is 1.54. The number of aromatic nitrogens is 1. The van der Waals surface area contributed by atoms with Gasteiger partial charge in [-0.2, -0.15) is 0 Å². The summed E-state index contributed by atoms with van der Waals surface area (Å²) in [6.45, 7) is 2.37. The molecule has 0 bridgehead atoms. The van der Waals surface area contributed by atoms with Crippen LogP contribution in [0.4, 0.5) is 0 Å². The Balaban J connectivity index is 1.61. The third kappa shape index (κ3) is 2.96. The molecule has 3 heterocycles. The van der Waals surface area contributed by atoms with Crippen LogP contribution in [-0.2, 0) is 15.9 Å². The van der Waals surface area contributed by atoms with E-state index in [2.05, 4.69) is 4.98 Å². The lowest BCUT2D eigenvalue weighted by Gasteiger charge is -2.39. The molecule has 4 nitrogen and oxygen atoms in total. The van der Waals surface area contributed by atoms with Gasteiger partial charge in [0.25, 0.3) is 0 Å². The van der Waals surface area contributed by atoms with Crippen molar-refractivity contribution in [3.63, 3.8) is 0 Å². The molecule has 4 heteroatoms. The Morgan fingerprint density at radius 2 is 2.37 bits per heavy atom. The van der Waals surface area contributed by atoms with Crippen molar-refractivity contribution in [1.29, 1.82) is 0 Å². The second kappa shape index (κ2) is 5.57. The van der Waals surface area contributed by atoms with E-state index in [4.69, 9.17) is 15.2 Å². The Hall–Kier alpha value is -0.970. The molecule has 0 saturated carbocycles. The maximum atomic E-state index is 6.40. The van der Waals surface area contributed by atoms with E-state index in [1.807, 2.05) is 24.4 Å². The number of nitrogens with two attached hydrogens (primary N) is 1. The van der Waals surface area contributed by atoms with Crippen molar-refractivity contribution in [3.8, 4) is 0 Å². The lowest BCUT2D eigenvalue weighted by Crippen LogP contribution is -2.46. The fourth-order valence-corrected chi connectivity index (χ4v) is 3.22. The van der Waals surface area contributed by atoms with Crippen molar-refractivity contribution in [3.05, 3.63) is 30.1 Å². The predicted molar refractivity (Wildman–Crippen MR) is 72.8 cm³/mol. The van der Waals surface area contributed by atoms with Crippen molar-refractivity contribution in [1.82, 2.24) is 4.98 Å². The van der Waals surface area contributed by atoms with Gasteiger partial charge in [0.05, 0.1) is 12.2 Å². The average Bonchev–Trinajstić information content (AvgIpc) is 2.88. The maximum absolute atomic E-state index is 6.40. The third-order valence-electron chi connectivity index (χ3n) is 4.37. The Bertz CT molecular complexity index is 404. The fraction of sp³-hybridized carbons (Fsp3) is 0.667. The molecular weight excluding hydrogens is 240 g/mol. The van der Waals surface area contributed by atoms with Crippen LogP contribution in [0.25, 0.3) is 0 Å². The van der Waals surface area contributed by atoms with Crippen LogP contribution in [0, 0.1) is 5.92 Å². The van der Waals surface area contributed by atoms with Gasteiger partial charge >= 0.3 is 0 Å². The van der Waals surface area contributed by atoms with Crippen molar-refractivity contribution >= 4 is 0 Å². The van der Waals surface area contributed by atoms with E-state index in [0.29, 0.717) is 5.92 Å². The van der Waals surface area contributed by atoms with Gasteiger partial charge in [0, 0.05) is 44.0 Å². The van der Waals surface area contributed by atoms with Gasteiger partial charge in [-0.05, 0) is 30.9 Å². The van der Waals surface area contributed by atoms with E-state index < -0.39 is 0 Å². The Morgan fingerprint density at radius 3 is 3.11 bits per heavy atom. The molecule has 0 aromatic carbocycles. The van der Waals surface area contributed by atoms with Crippen molar-refractivity contribution in [2.45, 2.75) is 37.3 Å². The molecule has 2 fully saturated rings. The average molecular weight is 262 g/mol. The quantitative estimate of drug-likeness (QED) is 0.897. The highest BCUT2D eigenvalue weighted by Crippen LogP contribution is 2.37. The second-order valence-corrected chi connectivity index (χ2v) is 5.78. The Kier molecular flexibility index (Phi) is 3.82. The first-order valence-corrected chi connectivity index (χ1v) is 7.15. The topological polar surface area (TPSA) is 57.4 Å². The second-order valence-electron chi connectivity index (χ2n) is 5.78. The maximum Gasteiger partial charge on any atom is 0.0939 e. The van der Waals surface area contributed by atoms with Gasteiger partial charge in [0.2, 0.25) is 0 Å². The summed E-state index contributed by atoms with van der Waals surface area (Å²) in [4.78, 5) is 4.37. The highest BCUT2D eigenvalue weighted by molar-refractivity contribution is 5.06.